The average molecular weight is 391 g/mol. The van der Waals surface area contributed by atoms with Crippen LogP contribution in [-0.2, 0) is 15.7 Å². The highest BCUT2D eigenvalue weighted by atomic mass is 19.4. The smallest absolute Gasteiger partial charge is 0.383 e. The van der Waals surface area contributed by atoms with E-state index < -0.39 is 11.7 Å². The molecule has 0 spiro atoms. The number of alkyl halides is 3. The van der Waals surface area contributed by atoms with Gasteiger partial charge >= 0.3 is 6.18 Å². The molecule has 1 aliphatic rings. The summed E-state index contributed by atoms with van der Waals surface area (Å²) in [6.45, 7) is 2.01. The number of anilines is 3. The molecule has 148 valence electrons. The quantitative estimate of drug-likeness (QED) is 0.632. The molecule has 8 heteroatoms. The van der Waals surface area contributed by atoms with Crippen molar-refractivity contribution in [2.45, 2.75) is 19.1 Å². The van der Waals surface area contributed by atoms with E-state index in [0.29, 0.717) is 16.8 Å². The maximum atomic E-state index is 13.5. The molecule has 1 atom stereocenters. The molecular formula is C20H20F3N3O2. The van der Waals surface area contributed by atoms with Crippen LogP contribution in [0.3, 0.4) is 0 Å². The predicted molar refractivity (Wildman–Crippen MR) is 103 cm³/mol. The number of hydrogen-bond acceptors (Lipinski definition) is 4. The van der Waals surface area contributed by atoms with E-state index in [4.69, 9.17) is 4.74 Å². The van der Waals surface area contributed by atoms with Gasteiger partial charge in [-0.15, -0.1) is 0 Å². The van der Waals surface area contributed by atoms with Crippen molar-refractivity contribution in [3.63, 3.8) is 0 Å². The van der Waals surface area contributed by atoms with Gasteiger partial charge in [0.05, 0.1) is 17.7 Å². The van der Waals surface area contributed by atoms with Crippen molar-refractivity contribution in [2.75, 3.05) is 29.7 Å². The first-order valence-corrected chi connectivity index (χ1v) is 8.64. The Morgan fingerprint density at radius 1 is 1.21 bits per heavy atom. The number of methoxy groups -OCH3 is 1. The minimum absolute atomic E-state index is 0.0285. The standard InChI is InChI=1S/C20H20F3N3O2/c1-12(11-28-2)25-18-8-7-13(9-16(18)20(21,22)23)24-10-15-14-5-3-4-6-17(14)26-19(15)27/h3-10,12,24-25H,11H2,1-2H3,(H,26,27)/b15-10+. The fourth-order valence-electron chi connectivity index (χ4n) is 2.99. The van der Waals surface area contributed by atoms with Crippen molar-refractivity contribution in [3.05, 3.63) is 59.8 Å². The lowest BCUT2D eigenvalue weighted by molar-refractivity contribution is -0.137. The van der Waals surface area contributed by atoms with Gasteiger partial charge in [0.15, 0.2) is 0 Å². The number of para-hydroxylation sites is 1. The van der Waals surface area contributed by atoms with E-state index in [1.54, 1.807) is 31.2 Å². The maximum Gasteiger partial charge on any atom is 0.418 e. The Kier molecular flexibility index (Phi) is 5.60. The number of carbonyl (C=O) groups is 1. The van der Waals surface area contributed by atoms with Crippen molar-refractivity contribution < 1.29 is 22.7 Å². The Hall–Kier alpha value is -3.00. The molecule has 5 nitrogen and oxygen atoms in total. The molecule has 0 saturated heterocycles. The van der Waals surface area contributed by atoms with Gasteiger partial charge < -0.3 is 20.7 Å². The molecule has 1 amide bonds. The van der Waals surface area contributed by atoms with Gasteiger partial charge in [-0.2, -0.15) is 13.2 Å². The number of rotatable bonds is 6. The summed E-state index contributed by atoms with van der Waals surface area (Å²) in [5.74, 6) is -0.309. The van der Waals surface area contributed by atoms with Gasteiger partial charge in [-0.05, 0) is 31.2 Å². The number of fused-ring (bicyclic) bond motifs is 1. The third-order valence-corrected chi connectivity index (χ3v) is 4.24. The van der Waals surface area contributed by atoms with Crippen molar-refractivity contribution in [1.82, 2.24) is 0 Å². The van der Waals surface area contributed by atoms with E-state index >= 15 is 0 Å². The van der Waals surface area contributed by atoms with Gasteiger partial charge in [-0.25, -0.2) is 0 Å². The summed E-state index contributed by atoms with van der Waals surface area (Å²) in [4.78, 5) is 12.1. The fourth-order valence-corrected chi connectivity index (χ4v) is 2.99. The first-order chi connectivity index (χ1) is 13.3. The molecule has 1 unspecified atom stereocenters. The second kappa shape index (κ2) is 7.93. The first kappa shape index (κ1) is 19.8. The molecule has 0 aliphatic carbocycles. The largest absolute Gasteiger partial charge is 0.418 e. The summed E-state index contributed by atoms with van der Waals surface area (Å²) in [5, 5.41) is 8.32. The molecule has 1 aliphatic heterocycles. The van der Waals surface area contributed by atoms with Gasteiger partial charge in [0, 0.05) is 42.0 Å². The molecule has 28 heavy (non-hydrogen) atoms. The van der Waals surface area contributed by atoms with Gasteiger partial charge in [0.25, 0.3) is 5.91 Å². The monoisotopic (exact) mass is 391 g/mol. The fraction of sp³-hybridized carbons (Fsp3) is 0.250. The number of benzene rings is 2. The van der Waals surface area contributed by atoms with Crippen LogP contribution >= 0.6 is 0 Å². The van der Waals surface area contributed by atoms with E-state index in [1.165, 1.54) is 25.4 Å². The van der Waals surface area contributed by atoms with Crippen molar-refractivity contribution >= 4 is 28.5 Å². The lowest BCUT2D eigenvalue weighted by atomic mass is 10.1. The van der Waals surface area contributed by atoms with Crippen LogP contribution in [0.1, 0.15) is 18.1 Å². The Bertz CT molecular complexity index is 910. The molecule has 3 rings (SSSR count). The van der Waals surface area contributed by atoms with Crippen LogP contribution in [0.15, 0.2) is 48.7 Å². The molecular weight excluding hydrogens is 371 g/mol. The Morgan fingerprint density at radius 2 is 1.96 bits per heavy atom. The summed E-state index contributed by atoms with van der Waals surface area (Å²) < 4.78 is 45.4. The SMILES string of the molecule is COCC(C)Nc1ccc(N/C=C2/C(=O)Nc3ccccc32)cc1C(F)(F)F. The van der Waals surface area contributed by atoms with Crippen LogP contribution in [0.4, 0.5) is 30.2 Å². The normalized spacial score (nSPS) is 15.9. The van der Waals surface area contributed by atoms with Crippen LogP contribution in [0.2, 0.25) is 0 Å². The maximum absolute atomic E-state index is 13.5. The van der Waals surface area contributed by atoms with Gasteiger partial charge in [-0.1, -0.05) is 18.2 Å². The lowest BCUT2D eigenvalue weighted by Gasteiger charge is -2.19. The molecule has 0 radical (unpaired) electrons. The molecule has 0 saturated carbocycles. The average Bonchev–Trinajstić information content (AvgIpc) is 2.95. The number of halogens is 3. The zero-order valence-electron chi connectivity index (χ0n) is 15.4. The van der Waals surface area contributed by atoms with Gasteiger partial charge in [-0.3, -0.25) is 4.79 Å². The van der Waals surface area contributed by atoms with Crippen molar-refractivity contribution in [2.24, 2.45) is 0 Å². The molecule has 0 bridgehead atoms. The van der Waals surface area contributed by atoms with Crippen LogP contribution in [-0.4, -0.2) is 25.7 Å². The van der Waals surface area contributed by atoms with E-state index in [1.807, 2.05) is 0 Å². The zero-order chi connectivity index (χ0) is 20.3. The Morgan fingerprint density at radius 3 is 2.68 bits per heavy atom. The number of amides is 1. The summed E-state index contributed by atoms with van der Waals surface area (Å²) in [5.41, 5.74) is 1.13. The number of carbonyl (C=O) groups excluding carboxylic acids is 1. The molecule has 1 heterocycles. The summed E-state index contributed by atoms with van der Waals surface area (Å²) in [6.07, 6.45) is -3.12. The second-order valence-corrected chi connectivity index (χ2v) is 6.46. The van der Waals surface area contributed by atoms with Crippen molar-refractivity contribution in [3.8, 4) is 0 Å². The third kappa shape index (κ3) is 4.28. The molecule has 0 fully saturated rings. The van der Waals surface area contributed by atoms with E-state index in [0.717, 1.165) is 6.07 Å². The molecule has 2 aromatic rings. The van der Waals surface area contributed by atoms with Crippen LogP contribution in [0.25, 0.3) is 5.57 Å². The number of ether oxygens (including phenoxy) is 1. The summed E-state index contributed by atoms with van der Waals surface area (Å²) in [7, 11) is 1.49. The van der Waals surface area contributed by atoms with Crippen LogP contribution < -0.4 is 16.0 Å². The predicted octanol–water partition coefficient (Wildman–Crippen LogP) is 4.56. The van der Waals surface area contributed by atoms with Crippen LogP contribution in [0.5, 0.6) is 0 Å². The Balaban J connectivity index is 1.86. The molecule has 0 aromatic heterocycles. The highest BCUT2D eigenvalue weighted by Crippen LogP contribution is 2.37. The van der Waals surface area contributed by atoms with E-state index in [9.17, 15) is 18.0 Å². The highest BCUT2D eigenvalue weighted by molar-refractivity contribution is 6.31. The minimum Gasteiger partial charge on any atom is -0.383 e. The number of hydrogen-bond donors (Lipinski definition) is 3. The van der Waals surface area contributed by atoms with Crippen molar-refractivity contribution in [1.29, 1.82) is 0 Å². The highest BCUT2D eigenvalue weighted by Gasteiger charge is 2.34. The first-order valence-electron chi connectivity index (χ1n) is 8.64. The Labute approximate surface area is 160 Å². The minimum atomic E-state index is -4.53. The van der Waals surface area contributed by atoms with Gasteiger partial charge in [0.2, 0.25) is 0 Å². The molecule has 3 N–H and O–H groups in total. The van der Waals surface area contributed by atoms with E-state index in [2.05, 4.69) is 16.0 Å². The zero-order valence-corrected chi connectivity index (χ0v) is 15.4. The summed E-state index contributed by atoms with van der Waals surface area (Å²) in [6, 6.07) is 10.7. The van der Waals surface area contributed by atoms with Gasteiger partial charge in [0.1, 0.15) is 0 Å². The second-order valence-electron chi connectivity index (χ2n) is 6.46. The lowest BCUT2D eigenvalue weighted by Crippen LogP contribution is -2.23. The number of nitrogens with one attached hydrogen (secondary N) is 3. The third-order valence-electron chi connectivity index (χ3n) is 4.24. The van der Waals surface area contributed by atoms with Crippen LogP contribution in [0, 0.1) is 0 Å². The van der Waals surface area contributed by atoms with E-state index in [-0.39, 0.29) is 29.9 Å². The molecule has 2 aromatic carbocycles. The topological polar surface area (TPSA) is 62.4 Å². The summed E-state index contributed by atoms with van der Waals surface area (Å²) >= 11 is 0.